The van der Waals surface area contributed by atoms with Crippen LogP contribution >= 0.6 is 0 Å². The molecular formula is C23H21F2N7O. The van der Waals surface area contributed by atoms with Gasteiger partial charge in [0.25, 0.3) is 5.92 Å². The number of hydrogen-bond acceptors (Lipinski definition) is 6. The fourth-order valence-corrected chi connectivity index (χ4v) is 3.19. The van der Waals surface area contributed by atoms with Gasteiger partial charge in [-0.1, -0.05) is 24.3 Å². The highest BCUT2D eigenvalue weighted by Crippen LogP contribution is 2.26. The van der Waals surface area contributed by atoms with E-state index in [9.17, 15) is 13.6 Å². The zero-order valence-electron chi connectivity index (χ0n) is 18.0. The van der Waals surface area contributed by atoms with Crippen molar-refractivity contribution in [1.29, 1.82) is 0 Å². The Morgan fingerprint density at radius 2 is 1.73 bits per heavy atom. The summed E-state index contributed by atoms with van der Waals surface area (Å²) in [6.45, 7) is 0.738. The van der Waals surface area contributed by atoms with Crippen molar-refractivity contribution in [3.05, 3.63) is 84.1 Å². The second-order valence-corrected chi connectivity index (χ2v) is 7.69. The summed E-state index contributed by atoms with van der Waals surface area (Å²) in [6.07, 6.45) is 8.91. The first-order valence-electron chi connectivity index (χ1n) is 10.1. The number of alkyl halides is 2. The van der Waals surface area contributed by atoms with Gasteiger partial charge in [-0.05, 0) is 16.7 Å². The molecule has 0 fully saturated rings. The van der Waals surface area contributed by atoms with E-state index in [1.807, 2.05) is 37.5 Å². The van der Waals surface area contributed by atoms with Crippen molar-refractivity contribution in [2.24, 2.45) is 7.05 Å². The molecule has 0 unspecified atom stereocenters. The highest BCUT2D eigenvalue weighted by Gasteiger charge is 2.26. The number of amides is 1. The number of halogens is 2. The van der Waals surface area contributed by atoms with E-state index < -0.39 is 11.6 Å². The molecule has 3 aromatic heterocycles. The number of hydrogen-bond donors (Lipinski definition) is 1. The summed E-state index contributed by atoms with van der Waals surface area (Å²) in [6, 6.07) is 8.47. The van der Waals surface area contributed by atoms with Crippen LogP contribution in [0.5, 0.6) is 0 Å². The third kappa shape index (κ3) is 5.79. The third-order valence-electron chi connectivity index (χ3n) is 4.86. The maximum atomic E-state index is 13.4. The number of benzene rings is 1. The molecule has 10 heteroatoms. The van der Waals surface area contributed by atoms with Crippen LogP contribution in [0.4, 0.5) is 14.6 Å². The van der Waals surface area contributed by atoms with Gasteiger partial charge in [-0.25, -0.2) is 19.9 Å². The second-order valence-electron chi connectivity index (χ2n) is 7.69. The summed E-state index contributed by atoms with van der Waals surface area (Å²) >= 11 is 0. The Bertz CT molecular complexity index is 1250. The van der Waals surface area contributed by atoms with Crippen molar-refractivity contribution in [3.63, 3.8) is 0 Å². The predicted molar refractivity (Wildman–Crippen MR) is 117 cm³/mol. The molecular weight excluding hydrogens is 428 g/mol. The van der Waals surface area contributed by atoms with Crippen molar-refractivity contribution in [3.8, 4) is 11.1 Å². The first kappa shape index (κ1) is 22.1. The minimum Gasteiger partial charge on any atom is -0.310 e. The van der Waals surface area contributed by atoms with Gasteiger partial charge in [0, 0.05) is 50.6 Å². The van der Waals surface area contributed by atoms with Crippen molar-refractivity contribution >= 4 is 11.7 Å². The maximum absolute atomic E-state index is 13.4. The molecule has 0 bridgehead atoms. The minimum absolute atomic E-state index is 0.0340. The quantitative estimate of drug-likeness (QED) is 0.463. The fourth-order valence-electron chi connectivity index (χ4n) is 3.19. The molecule has 1 N–H and O–H groups in total. The maximum Gasteiger partial charge on any atom is 0.287 e. The van der Waals surface area contributed by atoms with E-state index >= 15 is 0 Å². The van der Waals surface area contributed by atoms with Crippen LogP contribution in [-0.4, -0.2) is 35.6 Å². The van der Waals surface area contributed by atoms with Crippen molar-refractivity contribution in [2.45, 2.75) is 25.7 Å². The number of aromatic nitrogens is 6. The molecule has 168 valence electrons. The van der Waals surface area contributed by atoms with E-state index in [1.54, 1.807) is 23.3 Å². The zero-order valence-corrected chi connectivity index (χ0v) is 18.0. The Kier molecular flexibility index (Phi) is 6.16. The standard InChI is InChI=1S/C23H21F2N7O/c1-23(24,25)19-9-21(29-14-28-19)31-22(33)8-15-3-5-17(6-4-15)18-11-26-20(27-12-18)7-16-10-30-32(2)13-16/h3-6,9-14H,7-8H2,1-2H3,(H,28,29,31,33). The monoisotopic (exact) mass is 449 g/mol. The summed E-state index contributed by atoms with van der Waals surface area (Å²) in [5.41, 5.74) is 3.12. The van der Waals surface area contributed by atoms with Crippen LogP contribution in [0.3, 0.4) is 0 Å². The third-order valence-corrected chi connectivity index (χ3v) is 4.86. The Hall–Kier alpha value is -4.08. The number of nitrogens with one attached hydrogen (secondary N) is 1. The van der Waals surface area contributed by atoms with Gasteiger partial charge in [0.2, 0.25) is 5.91 Å². The lowest BCUT2D eigenvalue weighted by molar-refractivity contribution is -0.115. The fraction of sp³-hybridized carbons (Fsp3) is 0.217. The lowest BCUT2D eigenvalue weighted by Crippen LogP contribution is -2.17. The van der Waals surface area contributed by atoms with Crippen LogP contribution in [0.2, 0.25) is 0 Å². The molecule has 1 amide bonds. The largest absolute Gasteiger partial charge is 0.310 e. The van der Waals surface area contributed by atoms with Crippen molar-refractivity contribution < 1.29 is 13.6 Å². The molecule has 4 aromatic rings. The Labute approximate surface area is 188 Å². The number of rotatable bonds is 7. The molecule has 33 heavy (non-hydrogen) atoms. The molecule has 8 nitrogen and oxygen atoms in total. The van der Waals surface area contributed by atoms with Gasteiger partial charge in [-0.15, -0.1) is 0 Å². The van der Waals surface area contributed by atoms with Crippen LogP contribution in [0.1, 0.15) is 29.6 Å². The summed E-state index contributed by atoms with van der Waals surface area (Å²) < 4.78 is 28.5. The van der Waals surface area contributed by atoms with Crippen molar-refractivity contribution in [2.75, 3.05) is 5.32 Å². The smallest absolute Gasteiger partial charge is 0.287 e. The molecule has 4 rings (SSSR count). The summed E-state index contributed by atoms with van der Waals surface area (Å²) in [7, 11) is 1.86. The molecule has 0 aliphatic rings. The first-order valence-corrected chi connectivity index (χ1v) is 10.1. The number of aryl methyl sites for hydroxylation is 1. The van der Waals surface area contributed by atoms with Gasteiger partial charge >= 0.3 is 0 Å². The number of nitrogens with zero attached hydrogens (tertiary/aromatic N) is 6. The Balaban J connectivity index is 1.36. The highest BCUT2D eigenvalue weighted by atomic mass is 19.3. The molecule has 0 saturated heterocycles. The van der Waals surface area contributed by atoms with Crippen LogP contribution < -0.4 is 5.32 Å². The topological polar surface area (TPSA) is 98.5 Å². The van der Waals surface area contributed by atoms with Gasteiger partial charge in [0.05, 0.1) is 12.6 Å². The van der Waals surface area contributed by atoms with E-state index in [0.717, 1.165) is 41.6 Å². The summed E-state index contributed by atoms with van der Waals surface area (Å²) in [4.78, 5) is 28.5. The van der Waals surface area contributed by atoms with E-state index in [2.05, 4.69) is 30.4 Å². The predicted octanol–water partition coefficient (Wildman–Crippen LogP) is 3.55. The van der Waals surface area contributed by atoms with E-state index in [4.69, 9.17) is 0 Å². The molecule has 3 heterocycles. The molecule has 0 aliphatic heterocycles. The molecule has 0 saturated carbocycles. The van der Waals surface area contributed by atoms with Crippen LogP contribution in [0, 0.1) is 0 Å². The van der Waals surface area contributed by atoms with E-state index in [1.165, 1.54) is 0 Å². The number of anilines is 1. The average molecular weight is 449 g/mol. The Morgan fingerprint density at radius 3 is 2.36 bits per heavy atom. The Morgan fingerprint density at radius 1 is 1.00 bits per heavy atom. The molecule has 1 aromatic carbocycles. The lowest BCUT2D eigenvalue weighted by atomic mass is 10.0. The number of carbonyl (C=O) groups excluding carboxylic acids is 1. The average Bonchev–Trinajstić information content (AvgIpc) is 3.19. The van der Waals surface area contributed by atoms with Gasteiger partial charge in [0.15, 0.2) is 0 Å². The van der Waals surface area contributed by atoms with Gasteiger partial charge in [-0.3, -0.25) is 9.48 Å². The van der Waals surface area contributed by atoms with Crippen LogP contribution in [0.15, 0.2) is 61.4 Å². The summed E-state index contributed by atoms with van der Waals surface area (Å²) in [5, 5.41) is 6.67. The van der Waals surface area contributed by atoms with Gasteiger partial charge < -0.3 is 5.32 Å². The second kappa shape index (κ2) is 9.19. The van der Waals surface area contributed by atoms with Crippen LogP contribution in [0.25, 0.3) is 11.1 Å². The SMILES string of the molecule is Cn1cc(Cc2ncc(-c3ccc(CC(=O)Nc4cc(C(C)(F)F)ncn4)cc3)cn2)cn1. The normalized spacial score (nSPS) is 11.4. The molecule has 0 radical (unpaired) electrons. The molecule has 0 spiro atoms. The van der Waals surface area contributed by atoms with E-state index in [0.29, 0.717) is 12.2 Å². The zero-order chi connectivity index (χ0) is 23.4. The summed E-state index contributed by atoms with van der Waals surface area (Å²) in [5.74, 6) is -2.74. The van der Waals surface area contributed by atoms with Crippen LogP contribution in [-0.2, 0) is 30.6 Å². The molecule has 0 atom stereocenters. The minimum atomic E-state index is -3.11. The number of carbonyl (C=O) groups is 1. The highest BCUT2D eigenvalue weighted by molar-refractivity contribution is 5.91. The lowest BCUT2D eigenvalue weighted by Gasteiger charge is -2.11. The van der Waals surface area contributed by atoms with Gasteiger partial charge in [-0.2, -0.15) is 13.9 Å². The van der Waals surface area contributed by atoms with E-state index in [-0.39, 0.29) is 18.1 Å². The molecule has 0 aliphatic carbocycles. The first-order chi connectivity index (χ1) is 15.8. The van der Waals surface area contributed by atoms with Gasteiger partial charge in [0.1, 0.15) is 23.7 Å². The van der Waals surface area contributed by atoms with Crippen molar-refractivity contribution in [1.82, 2.24) is 29.7 Å².